The zero-order valence-corrected chi connectivity index (χ0v) is 12.8. The van der Waals surface area contributed by atoms with E-state index in [-0.39, 0.29) is 12.9 Å². The summed E-state index contributed by atoms with van der Waals surface area (Å²) in [6.45, 7) is 3.33. The molecule has 1 heterocycles. The van der Waals surface area contributed by atoms with E-state index in [0.29, 0.717) is 12.4 Å². The zero-order chi connectivity index (χ0) is 15.6. The Morgan fingerprint density at radius 3 is 2.73 bits per heavy atom. The largest absolute Gasteiger partial charge is 0.514 e. The molecular formula is C17H22O5. The van der Waals surface area contributed by atoms with Crippen molar-refractivity contribution in [3.05, 3.63) is 42.0 Å². The highest BCUT2D eigenvalue weighted by molar-refractivity contribution is 5.63. The van der Waals surface area contributed by atoms with Gasteiger partial charge >= 0.3 is 6.16 Å². The first-order valence-corrected chi connectivity index (χ1v) is 7.53. The normalized spacial score (nSPS) is 18.3. The molecule has 1 fully saturated rings. The summed E-state index contributed by atoms with van der Waals surface area (Å²) in [7, 11) is 0. The number of carbonyl (C=O) groups excluding carboxylic acids is 1. The van der Waals surface area contributed by atoms with Crippen molar-refractivity contribution in [3.8, 4) is 5.75 Å². The highest BCUT2D eigenvalue weighted by Crippen LogP contribution is 2.13. The van der Waals surface area contributed by atoms with Crippen LogP contribution in [0.25, 0.3) is 0 Å². The fraction of sp³-hybridized carbons (Fsp3) is 0.471. The molecule has 2 rings (SSSR count). The van der Waals surface area contributed by atoms with E-state index in [0.717, 1.165) is 31.4 Å². The molecule has 0 spiro atoms. The van der Waals surface area contributed by atoms with E-state index in [4.69, 9.17) is 18.9 Å². The van der Waals surface area contributed by atoms with Crippen molar-refractivity contribution in [1.29, 1.82) is 0 Å². The van der Waals surface area contributed by atoms with E-state index < -0.39 is 6.16 Å². The number of hydrogen-bond donors (Lipinski definition) is 0. The molecule has 1 saturated heterocycles. The first-order chi connectivity index (χ1) is 10.7. The van der Waals surface area contributed by atoms with Gasteiger partial charge in [0.1, 0.15) is 12.4 Å². The average Bonchev–Trinajstić information content (AvgIpc) is 2.54. The van der Waals surface area contributed by atoms with Crippen LogP contribution in [-0.2, 0) is 14.2 Å². The van der Waals surface area contributed by atoms with Crippen LogP contribution >= 0.6 is 0 Å². The van der Waals surface area contributed by atoms with Gasteiger partial charge in [0.2, 0.25) is 0 Å². The Balaban J connectivity index is 1.56. The van der Waals surface area contributed by atoms with Crippen LogP contribution in [0.3, 0.4) is 0 Å². The van der Waals surface area contributed by atoms with Gasteiger partial charge in [0.15, 0.2) is 6.29 Å². The van der Waals surface area contributed by atoms with Crippen LogP contribution in [0.1, 0.15) is 24.8 Å². The molecule has 1 aromatic carbocycles. The molecule has 0 radical (unpaired) electrons. The molecule has 1 aromatic rings. The minimum absolute atomic E-state index is 0.106. The van der Waals surface area contributed by atoms with Crippen molar-refractivity contribution in [2.45, 2.75) is 32.5 Å². The Labute approximate surface area is 130 Å². The Morgan fingerprint density at radius 2 is 2.00 bits per heavy atom. The lowest BCUT2D eigenvalue weighted by Crippen LogP contribution is -2.22. The SMILES string of the molecule is Cc1ccc(OC(=O)OC/C=C/COC2CCCCO2)cc1. The van der Waals surface area contributed by atoms with Gasteiger partial charge in [0.25, 0.3) is 0 Å². The number of carbonyl (C=O) groups is 1. The maximum absolute atomic E-state index is 11.4. The van der Waals surface area contributed by atoms with E-state index in [1.54, 1.807) is 24.3 Å². The summed E-state index contributed by atoms with van der Waals surface area (Å²) < 4.78 is 20.9. The number of rotatable bonds is 6. The van der Waals surface area contributed by atoms with E-state index in [2.05, 4.69) is 0 Å². The van der Waals surface area contributed by atoms with Crippen molar-refractivity contribution >= 4 is 6.16 Å². The average molecular weight is 306 g/mol. The van der Waals surface area contributed by atoms with Gasteiger partial charge in [-0.1, -0.05) is 23.8 Å². The Bertz CT molecular complexity index is 474. The molecule has 120 valence electrons. The molecule has 0 aliphatic carbocycles. The van der Waals surface area contributed by atoms with Gasteiger partial charge in [0, 0.05) is 6.61 Å². The highest BCUT2D eigenvalue weighted by atomic mass is 16.7. The summed E-state index contributed by atoms with van der Waals surface area (Å²) in [6.07, 6.45) is 5.88. The van der Waals surface area contributed by atoms with Crippen molar-refractivity contribution in [2.24, 2.45) is 0 Å². The van der Waals surface area contributed by atoms with Gasteiger partial charge in [-0.2, -0.15) is 0 Å². The monoisotopic (exact) mass is 306 g/mol. The number of benzene rings is 1. The quantitative estimate of drug-likeness (QED) is 0.456. The number of hydrogen-bond acceptors (Lipinski definition) is 5. The molecule has 0 aromatic heterocycles. The molecule has 0 saturated carbocycles. The molecule has 5 nitrogen and oxygen atoms in total. The second-order valence-electron chi connectivity index (χ2n) is 5.08. The molecule has 0 amide bonds. The third kappa shape index (κ3) is 6.28. The summed E-state index contributed by atoms with van der Waals surface area (Å²) in [5.41, 5.74) is 1.10. The van der Waals surface area contributed by atoms with Crippen LogP contribution < -0.4 is 4.74 Å². The minimum Gasteiger partial charge on any atom is -0.430 e. The van der Waals surface area contributed by atoms with Gasteiger partial charge in [-0.05, 0) is 44.4 Å². The molecule has 1 aliphatic heterocycles. The van der Waals surface area contributed by atoms with Gasteiger partial charge in [0.05, 0.1) is 6.61 Å². The van der Waals surface area contributed by atoms with E-state index in [1.807, 2.05) is 19.1 Å². The minimum atomic E-state index is -0.718. The topological polar surface area (TPSA) is 54.0 Å². The highest BCUT2D eigenvalue weighted by Gasteiger charge is 2.12. The molecule has 0 N–H and O–H groups in total. The maximum Gasteiger partial charge on any atom is 0.514 e. The Morgan fingerprint density at radius 1 is 1.23 bits per heavy atom. The molecule has 1 aliphatic rings. The van der Waals surface area contributed by atoms with Crippen LogP contribution in [-0.4, -0.2) is 32.3 Å². The third-order valence-electron chi connectivity index (χ3n) is 3.20. The standard InChI is InChI=1S/C17H22O5/c1-14-7-9-15(10-8-14)22-17(18)21-13-5-4-12-20-16-6-2-3-11-19-16/h4-5,7-10,16H,2-3,6,11-13H2,1H3/b5-4+. The predicted octanol–water partition coefficient (Wildman–Crippen LogP) is 3.61. The molecule has 1 atom stereocenters. The van der Waals surface area contributed by atoms with Gasteiger partial charge in [-0.3, -0.25) is 0 Å². The lowest BCUT2D eigenvalue weighted by Gasteiger charge is -2.21. The molecule has 0 bridgehead atoms. The van der Waals surface area contributed by atoms with E-state index >= 15 is 0 Å². The third-order valence-corrected chi connectivity index (χ3v) is 3.20. The van der Waals surface area contributed by atoms with Crippen molar-refractivity contribution in [3.63, 3.8) is 0 Å². The fourth-order valence-electron chi connectivity index (χ4n) is 1.99. The second-order valence-corrected chi connectivity index (χ2v) is 5.08. The Kier molecular flexibility index (Phi) is 6.93. The first kappa shape index (κ1) is 16.5. The van der Waals surface area contributed by atoms with Crippen molar-refractivity contribution in [1.82, 2.24) is 0 Å². The first-order valence-electron chi connectivity index (χ1n) is 7.53. The zero-order valence-electron chi connectivity index (χ0n) is 12.8. The van der Waals surface area contributed by atoms with Gasteiger partial charge in [-0.15, -0.1) is 0 Å². The van der Waals surface area contributed by atoms with Gasteiger partial charge < -0.3 is 18.9 Å². The summed E-state index contributed by atoms with van der Waals surface area (Å²) in [5, 5.41) is 0. The summed E-state index contributed by atoms with van der Waals surface area (Å²) in [6, 6.07) is 7.19. The van der Waals surface area contributed by atoms with Crippen LogP contribution in [0.4, 0.5) is 4.79 Å². The van der Waals surface area contributed by atoms with Gasteiger partial charge in [-0.25, -0.2) is 4.79 Å². The molecule has 1 unspecified atom stereocenters. The molecule has 5 heteroatoms. The van der Waals surface area contributed by atoms with Crippen LogP contribution in [0, 0.1) is 6.92 Å². The lowest BCUT2D eigenvalue weighted by molar-refractivity contribution is -0.155. The van der Waals surface area contributed by atoms with Crippen LogP contribution in [0.15, 0.2) is 36.4 Å². The summed E-state index contributed by atoms with van der Waals surface area (Å²) in [4.78, 5) is 11.4. The Hall–Kier alpha value is -1.85. The number of aryl methyl sites for hydroxylation is 1. The predicted molar refractivity (Wildman–Crippen MR) is 81.8 cm³/mol. The smallest absolute Gasteiger partial charge is 0.430 e. The fourth-order valence-corrected chi connectivity index (χ4v) is 1.99. The van der Waals surface area contributed by atoms with E-state index in [1.165, 1.54) is 0 Å². The maximum atomic E-state index is 11.4. The molecule has 22 heavy (non-hydrogen) atoms. The summed E-state index contributed by atoms with van der Waals surface area (Å²) in [5.74, 6) is 0.470. The number of ether oxygens (including phenoxy) is 4. The summed E-state index contributed by atoms with van der Waals surface area (Å²) >= 11 is 0. The van der Waals surface area contributed by atoms with E-state index in [9.17, 15) is 4.79 Å². The lowest BCUT2D eigenvalue weighted by atomic mass is 10.2. The van der Waals surface area contributed by atoms with Crippen LogP contribution in [0.5, 0.6) is 5.75 Å². The molecular weight excluding hydrogens is 284 g/mol. The van der Waals surface area contributed by atoms with Crippen molar-refractivity contribution in [2.75, 3.05) is 19.8 Å². The van der Waals surface area contributed by atoms with Crippen LogP contribution in [0.2, 0.25) is 0 Å². The second kappa shape index (κ2) is 9.23. The van der Waals surface area contributed by atoms with Crippen molar-refractivity contribution < 1.29 is 23.7 Å².